The number of hydrogen-bond donors (Lipinski definition) is 1. The van der Waals surface area contributed by atoms with E-state index >= 15 is 0 Å². The van der Waals surface area contributed by atoms with E-state index in [1.807, 2.05) is 12.1 Å². The molecule has 158 valence electrons. The van der Waals surface area contributed by atoms with Crippen LogP contribution in [0.4, 0.5) is 0 Å². The number of carbonyl (C=O) groups excluding carboxylic acids is 1. The van der Waals surface area contributed by atoms with Crippen molar-refractivity contribution in [1.29, 1.82) is 5.26 Å². The van der Waals surface area contributed by atoms with Gasteiger partial charge in [0.1, 0.15) is 12.2 Å². The van der Waals surface area contributed by atoms with E-state index in [1.54, 1.807) is 30.3 Å². The first-order valence-corrected chi connectivity index (χ1v) is 10.4. The number of nitrogens with one attached hydrogen (secondary N) is 1. The van der Waals surface area contributed by atoms with Gasteiger partial charge >= 0.3 is 0 Å². The predicted octanol–water partition coefficient (Wildman–Crippen LogP) is 2.56. The number of benzene rings is 1. The third-order valence-corrected chi connectivity index (χ3v) is 5.50. The lowest BCUT2D eigenvalue weighted by Gasteiger charge is -2.29. The van der Waals surface area contributed by atoms with Crippen LogP contribution in [0.3, 0.4) is 0 Å². The van der Waals surface area contributed by atoms with E-state index in [1.165, 1.54) is 17.1 Å². The lowest BCUT2D eigenvalue weighted by molar-refractivity contribution is -0.122. The number of rotatable bonds is 6. The van der Waals surface area contributed by atoms with Crippen LogP contribution < -0.4 is 15.6 Å². The fourth-order valence-electron chi connectivity index (χ4n) is 3.80. The van der Waals surface area contributed by atoms with E-state index in [2.05, 4.69) is 15.3 Å². The summed E-state index contributed by atoms with van der Waals surface area (Å²) < 4.78 is 7.37. The molecule has 0 saturated heterocycles. The summed E-state index contributed by atoms with van der Waals surface area (Å²) in [6, 6.07) is 12.7. The molecule has 1 aliphatic rings. The van der Waals surface area contributed by atoms with Crippen molar-refractivity contribution in [2.75, 3.05) is 0 Å². The number of aromatic nitrogens is 3. The molecular weight excluding hydrogens is 394 g/mol. The molecule has 1 aliphatic carbocycles. The van der Waals surface area contributed by atoms with Crippen molar-refractivity contribution in [3.05, 3.63) is 64.8 Å². The fourth-order valence-corrected chi connectivity index (χ4v) is 3.80. The Bertz CT molecular complexity index is 1160. The van der Waals surface area contributed by atoms with Crippen molar-refractivity contribution in [1.82, 2.24) is 19.9 Å². The molecular formula is C23H23N5O3. The zero-order chi connectivity index (χ0) is 21.6. The summed E-state index contributed by atoms with van der Waals surface area (Å²) in [7, 11) is 0. The molecule has 0 spiro atoms. The molecule has 0 unspecified atom stereocenters. The Kier molecular flexibility index (Phi) is 6.22. The van der Waals surface area contributed by atoms with Crippen LogP contribution in [0.2, 0.25) is 0 Å². The molecule has 4 rings (SSSR count). The van der Waals surface area contributed by atoms with Crippen LogP contribution in [0.5, 0.6) is 5.88 Å². The second-order valence-electron chi connectivity index (χ2n) is 7.67. The largest absolute Gasteiger partial charge is 0.474 e. The van der Waals surface area contributed by atoms with Gasteiger partial charge in [-0.25, -0.2) is 9.97 Å². The van der Waals surface area contributed by atoms with Crippen LogP contribution in [0, 0.1) is 11.3 Å². The third kappa shape index (κ3) is 5.07. The molecule has 0 radical (unpaired) electrons. The minimum absolute atomic E-state index is 0.0517. The number of nitriles is 1. The van der Waals surface area contributed by atoms with Gasteiger partial charge in [0, 0.05) is 31.3 Å². The van der Waals surface area contributed by atoms with E-state index in [4.69, 9.17) is 10.00 Å². The van der Waals surface area contributed by atoms with Crippen LogP contribution in [0.15, 0.2) is 53.7 Å². The monoisotopic (exact) mass is 417 g/mol. The van der Waals surface area contributed by atoms with Gasteiger partial charge in [-0.1, -0.05) is 12.1 Å². The van der Waals surface area contributed by atoms with Crippen LogP contribution in [0.1, 0.15) is 37.7 Å². The average Bonchev–Trinajstić information content (AvgIpc) is 2.80. The van der Waals surface area contributed by atoms with Gasteiger partial charge in [-0.15, -0.1) is 0 Å². The van der Waals surface area contributed by atoms with Gasteiger partial charge in [-0.3, -0.25) is 14.2 Å². The molecule has 1 fully saturated rings. The molecule has 2 heterocycles. The number of amides is 1. The smallest absolute Gasteiger partial charge is 0.261 e. The summed E-state index contributed by atoms with van der Waals surface area (Å²) in [6.07, 6.45) is 6.56. The molecule has 31 heavy (non-hydrogen) atoms. The minimum atomic E-state index is -0.132. The Morgan fingerprint density at radius 3 is 2.71 bits per heavy atom. The molecule has 1 saturated carbocycles. The number of hydrogen-bond acceptors (Lipinski definition) is 6. The number of fused-ring (bicyclic) bond motifs is 1. The average molecular weight is 417 g/mol. The normalized spacial score (nSPS) is 18.3. The highest BCUT2D eigenvalue weighted by Crippen LogP contribution is 2.23. The first-order valence-electron chi connectivity index (χ1n) is 10.4. The van der Waals surface area contributed by atoms with Crippen molar-refractivity contribution in [3.8, 4) is 11.9 Å². The van der Waals surface area contributed by atoms with E-state index < -0.39 is 0 Å². The number of aryl methyl sites for hydroxylation is 1. The van der Waals surface area contributed by atoms with E-state index in [0.717, 1.165) is 25.7 Å². The highest BCUT2D eigenvalue weighted by molar-refractivity contribution is 5.77. The Morgan fingerprint density at radius 1 is 1.16 bits per heavy atom. The van der Waals surface area contributed by atoms with Gasteiger partial charge in [0.25, 0.3) is 5.56 Å². The van der Waals surface area contributed by atoms with E-state index in [9.17, 15) is 9.59 Å². The number of pyridine rings is 1. The SMILES string of the molecule is N#Cc1ccc(OC2CCC(NC(=O)CCn3cnc4ccccc4c3=O)CC2)nc1. The highest BCUT2D eigenvalue weighted by atomic mass is 16.5. The molecule has 0 atom stereocenters. The van der Waals surface area contributed by atoms with Crippen molar-refractivity contribution >= 4 is 16.8 Å². The van der Waals surface area contributed by atoms with Gasteiger partial charge in [-0.05, 0) is 43.9 Å². The zero-order valence-electron chi connectivity index (χ0n) is 17.0. The molecule has 8 nitrogen and oxygen atoms in total. The summed E-state index contributed by atoms with van der Waals surface area (Å²) in [5, 5.41) is 12.4. The maximum absolute atomic E-state index is 12.5. The molecule has 0 aliphatic heterocycles. The minimum Gasteiger partial charge on any atom is -0.474 e. The summed E-state index contributed by atoms with van der Waals surface area (Å²) in [5.74, 6) is 0.444. The van der Waals surface area contributed by atoms with Crippen LogP contribution in [-0.4, -0.2) is 32.6 Å². The Labute approximate surface area is 179 Å². The molecule has 1 N–H and O–H groups in total. The zero-order valence-corrected chi connectivity index (χ0v) is 17.0. The topological polar surface area (TPSA) is 110 Å². The first kappa shape index (κ1) is 20.5. The first-order chi connectivity index (χ1) is 15.1. The lowest BCUT2D eigenvalue weighted by atomic mass is 9.93. The Hall–Kier alpha value is -3.73. The number of nitrogens with zero attached hydrogens (tertiary/aromatic N) is 4. The maximum atomic E-state index is 12.5. The maximum Gasteiger partial charge on any atom is 0.261 e. The third-order valence-electron chi connectivity index (χ3n) is 5.50. The summed E-state index contributed by atoms with van der Waals surface area (Å²) in [5.41, 5.74) is 1.02. The van der Waals surface area contributed by atoms with Crippen molar-refractivity contribution in [3.63, 3.8) is 0 Å². The van der Waals surface area contributed by atoms with Gasteiger partial charge < -0.3 is 10.1 Å². The van der Waals surface area contributed by atoms with Gasteiger partial charge in [-0.2, -0.15) is 5.26 Å². The number of carbonyl (C=O) groups is 1. The quantitative estimate of drug-likeness (QED) is 0.660. The van der Waals surface area contributed by atoms with Gasteiger partial charge in [0.2, 0.25) is 11.8 Å². The Balaban J connectivity index is 1.23. The second-order valence-corrected chi connectivity index (χ2v) is 7.67. The van der Waals surface area contributed by atoms with Gasteiger partial charge in [0.15, 0.2) is 0 Å². The Morgan fingerprint density at radius 2 is 1.97 bits per heavy atom. The van der Waals surface area contributed by atoms with Crippen LogP contribution >= 0.6 is 0 Å². The predicted molar refractivity (Wildman–Crippen MR) is 114 cm³/mol. The van der Waals surface area contributed by atoms with E-state index in [0.29, 0.717) is 28.9 Å². The molecule has 2 aromatic heterocycles. The highest BCUT2D eigenvalue weighted by Gasteiger charge is 2.24. The van der Waals surface area contributed by atoms with Crippen LogP contribution in [0.25, 0.3) is 10.9 Å². The van der Waals surface area contributed by atoms with Crippen molar-refractivity contribution in [2.45, 2.75) is 50.8 Å². The summed E-state index contributed by atoms with van der Waals surface area (Å²) >= 11 is 0. The second kappa shape index (κ2) is 9.39. The fraction of sp³-hybridized carbons (Fsp3) is 0.348. The molecule has 1 amide bonds. The lowest BCUT2D eigenvalue weighted by Crippen LogP contribution is -2.40. The van der Waals surface area contributed by atoms with E-state index in [-0.39, 0.29) is 30.0 Å². The number of ether oxygens (including phenoxy) is 1. The molecule has 1 aromatic carbocycles. The number of para-hydroxylation sites is 1. The standard InChI is InChI=1S/C23H23N5O3/c24-13-16-5-10-22(25-14-16)31-18-8-6-17(7-9-18)27-21(29)11-12-28-15-26-20-4-2-1-3-19(20)23(28)30/h1-5,10,14-15,17-18H,6-9,11-12H2,(H,27,29). The summed E-state index contributed by atoms with van der Waals surface area (Å²) in [4.78, 5) is 33.3. The van der Waals surface area contributed by atoms with Crippen molar-refractivity contribution in [2.24, 2.45) is 0 Å². The molecule has 8 heteroatoms. The molecule has 0 bridgehead atoms. The van der Waals surface area contributed by atoms with Gasteiger partial charge in [0.05, 0.1) is 22.8 Å². The van der Waals surface area contributed by atoms with Crippen molar-refractivity contribution < 1.29 is 9.53 Å². The molecule has 3 aromatic rings. The van der Waals surface area contributed by atoms with Crippen LogP contribution in [-0.2, 0) is 11.3 Å². The summed E-state index contributed by atoms with van der Waals surface area (Å²) in [6.45, 7) is 0.297.